The van der Waals surface area contributed by atoms with Crippen molar-refractivity contribution in [2.75, 3.05) is 18.2 Å². The van der Waals surface area contributed by atoms with Gasteiger partial charge in [0.1, 0.15) is 5.75 Å². The third kappa shape index (κ3) is 3.30. The molecule has 2 aromatic rings. The third-order valence-corrected chi connectivity index (χ3v) is 2.85. The van der Waals surface area contributed by atoms with Gasteiger partial charge in [-0.3, -0.25) is 4.79 Å². The summed E-state index contributed by atoms with van der Waals surface area (Å²) in [4.78, 5) is 23.3. The Morgan fingerprint density at radius 2 is 1.95 bits per heavy atom. The monoisotopic (exact) mass is 286 g/mol. The Bertz CT molecular complexity index is 698. The zero-order valence-electron chi connectivity index (χ0n) is 11.3. The van der Waals surface area contributed by atoms with Crippen molar-refractivity contribution in [2.45, 2.75) is 0 Å². The standard InChI is InChI=1S/C15H14N2O4/c1-21-11-5-6-13(12(8-11)15(19)20)17-14(18)9-3-2-4-10(16)7-9/h2-8H,16H2,1H3,(H,17,18)(H,19,20). The van der Waals surface area contributed by atoms with Crippen LogP contribution in [0.15, 0.2) is 42.5 Å². The number of aromatic carboxylic acids is 1. The molecule has 0 unspecified atom stereocenters. The van der Waals surface area contributed by atoms with Crippen LogP contribution in [0.2, 0.25) is 0 Å². The van der Waals surface area contributed by atoms with Crippen molar-refractivity contribution in [1.29, 1.82) is 0 Å². The van der Waals surface area contributed by atoms with Crippen LogP contribution in [0.4, 0.5) is 11.4 Å². The number of hydrogen-bond donors (Lipinski definition) is 3. The normalized spacial score (nSPS) is 9.95. The molecule has 6 heteroatoms. The molecule has 0 aromatic heterocycles. The van der Waals surface area contributed by atoms with Gasteiger partial charge in [0.05, 0.1) is 18.4 Å². The molecule has 1 amide bonds. The highest BCUT2D eigenvalue weighted by Crippen LogP contribution is 2.23. The second-order valence-electron chi connectivity index (χ2n) is 4.30. The van der Waals surface area contributed by atoms with Crippen molar-refractivity contribution in [3.8, 4) is 5.75 Å². The van der Waals surface area contributed by atoms with E-state index in [9.17, 15) is 14.7 Å². The largest absolute Gasteiger partial charge is 0.497 e. The number of nitrogen functional groups attached to an aromatic ring is 1. The van der Waals surface area contributed by atoms with Crippen LogP contribution in [0.25, 0.3) is 0 Å². The second kappa shape index (κ2) is 5.96. The number of amides is 1. The molecule has 4 N–H and O–H groups in total. The smallest absolute Gasteiger partial charge is 0.337 e. The van der Waals surface area contributed by atoms with Crippen LogP contribution in [0.3, 0.4) is 0 Å². The Morgan fingerprint density at radius 3 is 2.57 bits per heavy atom. The number of methoxy groups -OCH3 is 1. The van der Waals surface area contributed by atoms with Gasteiger partial charge >= 0.3 is 5.97 Å². The fraction of sp³-hybridized carbons (Fsp3) is 0.0667. The SMILES string of the molecule is COc1ccc(NC(=O)c2cccc(N)c2)c(C(=O)O)c1. The summed E-state index contributed by atoms with van der Waals surface area (Å²) in [6.07, 6.45) is 0. The molecule has 0 saturated heterocycles. The number of carboxylic acids is 1. The quantitative estimate of drug-likeness (QED) is 0.748. The molecule has 0 heterocycles. The molecule has 0 aliphatic carbocycles. The highest BCUT2D eigenvalue weighted by Gasteiger charge is 2.14. The predicted octanol–water partition coefficient (Wildman–Crippen LogP) is 2.23. The maximum atomic E-state index is 12.1. The summed E-state index contributed by atoms with van der Waals surface area (Å²) in [5.41, 5.74) is 6.56. The highest BCUT2D eigenvalue weighted by atomic mass is 16.5. The van der Waals surface area contributed by atoms with E-state index in [-0.39, 0.29) is 11.3 Å². The van der Waals surface area contributed by atoms with E-state index in [0.717, 1.165) is 0 Å². The fourth-order valence-electron chi connectivity index (χ4n) is 1.81. The minimum absolute atomic E-state index is 0.0494. The molecule has 0 saturated carbocycles. The molecule has 0 aliphatic heterocycles. The van der Waals surface area contributed by atoms with Gasteiger partial charge in [0.25, 0.3) is 5.91 Å². The van der Waals surface area contributed by atoms with Crippen LogP contribution >= 0.6 is 0 Å². The number of carbonyl (C=O) groups excluding carboxylic acids is 1. The summed E-state index contributed by atoms with van der Waals surface area (Å²) in [6, 6.07) is 10.8. The number of carbonyl (C=O) groups is 2. The molecule has 2 rings (SSSR count). The van der Waals surface area contributed by atoms with Gasteiger partial charge in [-0.15, -0.1) is 0 Å². The van der Waals surface area contributed by atoms with Gasteiger partial charge < -0.3 is 20.9 Å². The van der Waals surface area contributed by atoms with Gasteiger partial charge in [0.15, 0.2) is 0 Å². The van der Waals surface area contributed by atoms with E-state index in [1.807, 2.05) is 0 Å². The van der Waals surface area contributed by atoms with Crippen LogP contribution in [0.1, 0.15) is 20.7 Å². The molecule has 0 fully saturated rings. The minimum atomic E-state index is -1.16. The molecule has 0 bridgehead atoms. The fourth-order valence-corrected chi connectivity index (χ4v) is 1.81. The zero-order chi connectivity index (χ0) is 15.4. The lowest BCUT2D eigenvalue weighted by Crippen LogP contribution is -2.15. The average Bonchev–Trinajstić information content (AvgIpc) is 2.47. The Labute approximate surface area is 121 Å². The topological polar surface area (TPSA) is 102 Å². The maximum absolute atomic E-state index is 12.1. The lowest BCUT2D eigenvalue weighted by molar-refractivity contribution is 0.0697. The molecular weight excluding hydrogens is 272 g/mol. The van der Waals surface area contributed by atoms with Crippen molar-refractivity contribution >= 4 is 23.3 Å². The number of nitrogens with one attached hydrogen (secondary N) is 1. The van der Waals surface area contributed by atoms with E-state index < -0.39 is 11.9 Å². The Kier molecular flexibility index (Phi) is 4.08. The first-order chi connectivity index (χ1) is 10.0. The van der Waals surface area contributed by atoms with E-state index in [2.05, 4.69) is 5.32 Å². The summed E-state index contributed by atoms with van der Waals surface area (Å²) in [5, 5.41) is 11.7. The zero-order valence-corrected chi connectivity index (χ0v) is 11.3. The number of carboxylic acid groups (broad SMARTS) is 1. The molecule has 0 aliphatic rings. The molecule has 2 aromatic carbocycles. The van der Waals surface area contributed by atoms with E-state index >= 15 is 0 Å². The Morgan fingerprint density at radius 1 is 1.19 bits per heavy atom. The highest BCUT2D eigenvalue weighted by molar-refractivity contribution is 6.08. The van der Waals surface area contributed by atoms with Crippen molar-refractivity contribution in [1.82, 2.24) is 0 Å². The summed E-state index contributed by atoms with van der Waals surface area (Å²) < 4.78 is 4.97. The third-order valence-electron chi connectivity index (χ3n) is 2.85. The lowest BCUT2D eigenvalue weighted by atomic mass is 10.1. The van der Waals surface area contributed by atoms with Gasteiger partial charge in [0, 0.05) is 11.3 Å². The molecular formula is C15H14N2O4. The van der Waals surface area contributed by atoms with E-state index in [1.165, 1.54) is 25.3 Å². The molecule has 108 valence electrons. The van der Waals surface area contributed by atoms with Crippen LogP contribution < -0.4 is 15.8 Å². The molecule has 6 nitrogen and oxygen atoms in total. The maximum Gasteiger partial charge on any atom is 0.337 e. The van der Waals surface area contributed by atoms with Crippen molar-refractivity contribution < 1.29 is 19.4 Å². The summed E-state index contributed by atoms with van der Waals surface area (Å²) in [7, 11) is 1.44. The Hall–Kier alpha value is -3.02. The first-order valence-corrected chi connectivity index (χ1v) is 6.09. The molecule has 21 heavy (non-hydrogen) atoms. The number of benzene rings is 2. The number of hydrogen-bond acceptors (Lipinski definition) is 4. The number of anilines is 2. The first-order valence-electron chi connectivity index (χ1n) is 6.09. The number of rotatable bonds is 4. The number of ether oxygens (including phenoxy) is 1. The van der Waals surface area contributed by atoms with Crippen molar-refractivity contribution in [2.24, 2.45) is 0 Å². The molecule has 0 atom stereocenters. The van der Waals surface area contributed by atoms with Gasteiger partial charge in [-0.1, -0.05) is 6.07 Å². The van der Waals surface area contributed by atoms with Crippen LogP contribution in [-0.2, 0) is 0 Å². The first kappa shape index (κ1) is 14.4. The van der Waals surface area contributed by atoms with E-state index in [0.29, 0.717) is 17.0 Å². The van der Waals surface area contributed by atoms with Gasteiger partial charge in [-0.25, -0.2) is 4.79 Å². The van der Waals surface area contributed by atoms with Crippen molar-refractivity contribution in [3.05, 3.63) is 53.6 Å². The summed E-state index contributed by atoms with van der Waals surface area (Å²) in [5.74, 6) is -1.19. The lowest BCUT2D eigenvalue weighted by Gasteiger charge is -2.10. The second-order valence-corrected chi connectivity index (χ2v) is 4.30. The van der Waals surface area contributed by atoms with Gasteiger partial charge in [-0.05, 0) is 36.4 Å². The summed E-state index contributed by atoms with van der Waals surface area (Å²) >= 11 is 0. The minimum Gasteiger partial charge on any atom is -0.497 e. The molecule has 0 spiro atoms. The number of nitrogens with two attached hydrogens (primary N) is 1. The van der Waals surface area contributed by atoms with Crippen molar-refractivity contribution in [3.63, 3.8) is 0 Å². The molecule has 0 radical (unpaired) electrons. The van der Waals surface area contributed by atoms with Gasteiger partial charge in [0.2, 0.25) is 0 Å². The predicted molar refractivity (Wildman–Crippen MR) is 78.8 cm³/mol. The average molecular weight is 286 g/mol. The van der Waals surface area contributed by atoms with Crippen LogP contribution in [-0.4, -0.2) is 24.1 Å². The Balaban J connectivity index is 2.31. The van der Waals surface area contributed by atoms with Gasteiger partial charge in [-0.2, -0.15) is 0 Å². The summed E-state index contributed by atoms with van der Waals surface area (Å²) in [6.45, 7) is 0. The van der Waals surface area contributed by atoms with E-state index in [4.69, 9.17) is 10.5 Å². The van der Waals surface area contributed by atoms with Crippen LogP contribution in [0, 0.1) is 0 Å². The van der Waals surface area contributed by atoms with E-state index in [1.54, 1.807) is 24.3 Å². The van der Waals surface area contributed by atoms with Crippen LogP contribution in [0.5, 0.6) is 5.75 Å².